The molecule has 1 amide bonds. The fourth-order valence-corrected chi connectivity index (χ4v) is 2.12. The number of aliphatic hydroxyl groups is 1. The van der Waals surface area contributed by atoms with Gasteiger partial charge in [-0.1, -0.05) is 26.8 Å². The fraction of sp³-hybridized carbons (Fsp3) is 0.429. The first-order valence-electron chi connectivity index (χ1n) is 6.40. The monoisotopic (exact) mass is 277 g/mol. The summed E-state index contributed by atoms with van der Waals surface area (Å²) in [7, 11) is 0. The Morgan fingerprint density at radius 3 is 2.70 bits per heavy atom. The highest BCUT2D eigenvalue weighted by atomic mass is 16.4. The van der Waals surface area contributed by atoms with E-state index in [1.165, 1.54) is 0 Å². The second kappa shape index (κ2) is 5.13. The lowest BCUT2D eigenvalue weighted by Crippen LogP contribution is -2.36. The van der Waals surface area contributed by atoms with Crippen molar-refractivity contribution < 1.29 is 15.0 Å². The Balaban J connectivity index is 2.45. The minimum Gasteiger partial charge on any atom is -0.465 e. The van der Waals surface area contributed by atoms with Gasteiger partial charge in [0.1, 0.15) is 5.82 Å². The molecule has 1 atom stereocenters. The topological polar surface area (TPSA) is 98.2 Å². The summed E-state index contributed by atoms with van der Waals surface area (Å²) >= 11 is 0. The summed E-state index contributed by atoms with van der Waals surface area (Å²) < 4.78 is 0. The van der Waals surface area contributed by atoms with Gasteiger partial charge in [-0.15, -0.1) is 0 Å². The van der Waals surface area contributed by atoms with Gasteiger partial charge in [-0.25, -0.2) is 9.78 Å². The molecule has 2 rings (SSSR count). The second-order valence-corrected chi connectivity index (χ2v) is 5.88. The van der Waals surface area contributed by atoms with Crippen molar-refractivity contribution in [2.75, 3.05) is 0 Å². The summed E-state index contributed by atoms with van der Waals surface area (Å²) in [6.45, 7) is 5.79. The van der Waals surface area contributed by atoms with Crippen LogP contribution < -0.4 is 5.32 Å². The van der Waals surface area contributed by atoms with Crippen LogP contribution in [0.15, 0.2) is 18.2 Å². The molecule has 6 heteroatoms. The number of aromatic amines is 1. The predicted octanol–water partition coefficient (Wildman–Crippen LogP) is 2.41. The molecule has 0 spiro atoms. The van der Waals surface area contributed by atoms with Crippen LogP contribution in [0.1, 0.15) is 38.2 Å². The van der Waals surface area contributed by atoms with E-state index < -0.39 is 12.1 Å². The van der Waals surface area contributed by atoms with Crippen molar-refractivity contribution in [1.82, 2.24) is 15.3 Å². The summed E-state index contributed by atoms with van der Waals surface area (Å²) in [5.41, 5.74) is 1.99. The van der Waals surface area contributed by atoms with Crippen molar-refractivity contribution in [2.45, 2.75) is 33.4 Å². The molecule has 2 aromatic rings. The maximum Gasteiger partial charge on any atom is 0.405 e. The molecule has 0 aliphatic carbocycles. The summed E-state index contributed by atoms with van der Waals surface area (Å²) in [4.78, 5) is 18.5. The number of hydrogen-bond acceptors (Lipinski definition) is 3. The standard InChI is InChI=1S/C14H19N3O3/c1-14(2,3)11(17-13(19)20)12-15-9-5-4-8(7-18)6-10(9)16-12/h4-6,11,17-18H,7H2,1-3H3,(H,15,16)(H,19,20). The number of carboxylic acid groups (broad SMARTS) is 1. The van der Waals surface area contributed by atoms with Gasteiger partial charge in [0, 0.05) is 0 Å². The number of rotatable bonds is 3. The van der Waals surface area contributed by atoms with E-state index in [1.54, 1.807) is 12.1 Å². The number of aromatic nitrogens is 2. The number of benzene rings is 1. The third-order valence-electron chi connectivity index (χ3n) is 3.16. The predicted molar refractivity (Wildman–Crippen MR) is 75.4 cm³/mol. The van der Waals surface area contributed by atoms with Gasteiger partial charge in [-0.2, -0.15) is 0 Å². The van der Waals surface area contributed by atoms with Crippen LogP contribution in [0.3, 0.4) is 0 Å². The zero-order chi connectivity index (χ0) is 14.9. The number of fused-ring (bicyclic) bond motifs is 1. The maximum absolute atomic E-state index is 11.0. The second-order valence-electron chi connectivity index (χ2n) is 5.88. The number of nitrogens with one attached hydrogen (secondary N) is 2. The van der Waals surface area contributed by atoms with Crippen molar-refractivity contribution in [3.63, 3.8) is 0 Å². The van der Waals surface area contributed by atoms with Crippen molar-refractivity contribution in [3.05, 3.63) is 29.6 Å². The first-order chi connectivity index (χ1) is 9.31. The normalized spacial score (nSPS) is 13.4. The molecule has 1 unspecified atom stereocenters. The van der Waals surface area contributed by atoms with Crippen molar-refractivity contribution in [1.29, 1.82) is 0 Å². The average Bonchev–Trinajstić information content (AvgIpc) is 2.76. The van der Waals surface area contributed by atoms with Crippen molar-refractivity contribution in [3.8, 4) is 0 Å². The minimum atomic E-state index is -1.08. The molecule has 1 aromatic heterocycles. The third kappa shape index (κ3) is 2.91. The molecule has 108 valence electrons. The zero-order valence-corrected chi connectivity index (χ0v) is 11.8. The molecule has 0 bridgehead atoms. The molecule has 0 saturated heterocycles. The van der Waals surface area contributed by atoms with Gasteiger partial charge < -0.3 is 20.5 Å². The van der Waals surface area contributed by atoms with Gasteiger partial charge in [0.05, 0.1) is 23.7 Å². The smallest absolute Gasteiger partial charge is 0.405 e. The number of imidazole rings is 1. The molecule has 0 aliphatic rings. The molecule has 0 radical (unpaired) electrons. The van der Waals surface area contributed by atoms with E-state index in [9.17, 15) is 4.79 Å². The zero-order valence-electron chi connectivity index (χ0n) is 11.8. The first-order valence-corrected chi connectivity index (χ1v) is 6.40. The molecular weight excluding hydrogens is 258 g/mol. The highest BCUT2D eigenvalue weighted by molar-refractivity contribution is 5.76. The minimum absolute atomic E-state index is 0.0474. The molecule has 0 fully saturated rings. The Bertz CT molecular complexity index is 628. The summed E-state index contributed by atoms with van der Waals surface area (Å²) in [6, 6.07) is 4.99. The number of amides is 1. The van der Waals surface area contributed by atoms with Gasteiger partial charge in [0.2, 0.25) is 0 Å². The van der Waals surface area contributed by atoms with Gasteiger partial charge in [0.15, 0.2) is 0 Å². The van der Waals surface area contributed by atoms with Gasteiger partial charge in [-0.3, -0.25) is 0 Å². The lowest BCUT2D eigenvalue weighted by atomic mass is 9.86. The molecular formula is C14H19N3O3. The number of H-pyrrole nitrogens is 1. The van der Waals surface area contributed by atoms with E-state index in [4.69, 9.17) is 10.2 Å². The number of aliphatic hydroxyl groups excluding tert-OH is 1. The molecule has 20 heavy (non-hydrogen) atoms. The van der Waals surface area contributed by atoms with E-state index in [0.717, 1.165) is 11.1 Å². The Hall–Kier alpha value is -2.08. The Labute approximate surface area is 116 Å². The summed E-state index contributed by atoms with van der Waals surface area (Å²) in [5, 5.41) is 20.6. The highest BCUT2D eigenvalue weighted by Crippen LogP contribution is 2.32. The van der Waals surface area contributed by atoms with E-state index in [1.807, 2.05) is 26.8 Å². The SMILES string of the molecule is CC(C)(C)C(NC(=O)O)c1nc2cc(CO)ccc2[nH]1. The average molecular weight is 277 g/mol. The van der Waals surface area contributed by atoms with Crippen molar-refractivity contribution in [2.24, 2.45) is 5.41 Å². The molecule has 0 aliphatic heterocycles. The third-order valence-corrected chi connectivity index (χ3v) is 3.16. The van der Waals surface area contributed by atoms with E-state index in [0.29, 0.717) is 11.3 Å². The van der Waals surface area contributed by atoms with E-state index in [-0.39, 0.29) is 12.0 Å². The molecule has 6 nitrogen and oxygen atoms in total. The highest BCUT2D eigenvalue weighted by Gasteiger charge is 2.30. The fourth-order valence-electron chi connectivity index (χ4n) is 2.12. The lowest BCUT2D eigenvalue weighted by molar-refractivity contribution is 0.173. The van der Waals surface area contributed by atoms with Crippen LogP contribution >= 0.6 is 0 Å². The van der Waals surface area contributed by atoms with Gasteiger partial charge in [-0.05, 0) is 23.1 Å². The van der Waals surface area contributed by atoms with Crippen LogP contribution in [0, 0.1) is 5.41 Å². The van der Waals surface area contributed by atoms with E-state index >= 15 is 0 Å². The molecule has 0 saturated carbocycles. The summed E-state index contributed by atoms with van der Waals surface area (Å²) in [6.07, 6.45) is -1.08. The van der Waals surface area contributed by atoms with Crippen LogP contribution in [-0.4, -0.2) is 26.3 Å². The van der Waals surface area contributed by atoms with Gasteiger partial charge in [0.25, 0.3) is 0 Å². The quantitative estimate of drug-likeness (QED) is 0.692. The van der Waals surface area contributed by atoms with Crippen LogP contribution in [0.4, 0.5) is 4.79 Å². The Kier molecular flexibility index (Phi) is 3.67. The van der Waals surface area contributed by atoms with Crippen LogP contribution in [-0.2, 0) is 6.61 Å². The van der Waals surface area contributed by atoms with Crippen LogP contribution in [0.2, 0.25) is 0 Å². The van der Waals surface area contributed by atoms with Crippen molar-refractivity contribution >= 4 is 17.1 Å². The Morgan fingerprint density at radius 1 is 1.45 bits per heavy atom. The largest absolute Gasteiger partial charge is 0.465 e. The first kappa shape index (κ1) is 14.3. The Morgan fingerprint density at radius 2 is 2.15 bits per heavy atom. The molecule has 1 aromatic carbocycles. The molecule has 1 heterocycles. The summed E-state index contributed by atoms with van der Waals surface area (Å²) in [5.74, 6) is 0.574. The van der Waals surface area contributed by atoms with Crippen LogP contribution in [0.25, 0.3) is 11.0 Å². The van der Waals surface area contributed by atoms with Gasteiger partial charge >= 0.3 is 6.09 Å². The van der Waals surface area contributed by atoms with E-state index in [2.05, 4.69) is 15.3 Å². The number of hydrogen-bond donors (Lipinski definition) is 4. The molecule has 4 N–H and O–H groups in total. The number of carbonyl (C=O) groups is 1. The number of nitrogens with zero attached hydrogens (tertiary/aromatic N) is 1. The van der Waals surface area contributed by atoms with Crippen LogP contribution in [0.5, 0.6) is 0 Å². The lowest BCUT2D eigenvalue weighted by Gasteiger charge is -2.28. The maximum atomic E-state index is 11.0.